The standard InChI is InChI=1S/C8H11NO3.Ca/c1-5-8(12)7(4-11)6(3-10)2-9-5;/h2,10-12H,3-4H2,1H3;/q;+2. The molecule has 0 bridgehead atoms. The average molecular weight is 209 g/mol. The molecule has 0 aliphatic rings. The van der Waals surface area contributed by atoms with Gasteiger partial charge in [0.05, 0.1) is 18.9 Å². The SMILES string of the molecule is Cc1ncc(CO)c(CO)c1O.[Ca+2]. The normalized spacial score (nSPS) is 9.46. The second kappa shape index (κ2) is 5.78. The van der Waals surface area contributed by atoms with Crippen LogP contribution in [0, 0.1) is 6.92 Å². The molecule has 0 fully saturated rings. The van der Waals surface area contributed by atoms with Crippen molar-refractivity contribution in [3.8, 4) is 5.75 Å². The van der Waals surface area contributed by atoms with Crippen LogP contribution in [0.2, 0.25) is 0 Å². The first kappa shape index (κ1) is 13.1. The molecule has 5 heteroatoms. The number of rotatable bonds is 2. The molecule has 0 aliphatic carbocycles. The number of aliphatic hydroxyl groups excluding tert-OH is 2. The minimum absolute atomic E-state index is 0. The number of hydrogen-bond acceptors (Lipinski definition) is 4. The van der Waals surface area contributed by atoms with E-state index in [0.29, 0.717) is 16.8 Å². The Balaban J connectivity index is 0.00000144. The van der Waals surface area contributed by atoms with Gasteiger partial charge in [-0.25, -0.2) is 0 Å². The molecule has 0 amide bonds. The zero-order valence-electron chi connectivity index (χ0n) is 7.49. The Bertz CT molecular complexity index is 291. The van der Waals surface area contributed by atoms with Gasteiger partial charge in [0.15, 0.2) is 0 Å². The fourth-order valence-corrected chi connectivity index (χ4v) is 0.997. The van der Waals surface area contributed by atoms with Gasteiger partial charge in [-0.15, -0.1) is 0 Å². The number of aromatic hydroxyl groups is 1. The van der Waals surface area contributed by atoms with E-state index in [4.69, 9.17) is 10.2 Å². The molecule has 0 aromatic carbocycles. The van der Waals surface area contributed by atoms with Crippen molar-refractivity contribution >= 4 is 37.7 Å². The van der Waals surface area contributed by atoms with Gasteiger partial charge >= 0.3 is 37.7 Å². The number of hydrogen-bond donors (Lipinski definition) is 3. The monoisotopic (exact) mass is 209 g/mol. The molecule has 0 saturated carbocycles. The summed E-state index contributed by atoms with van der Waals surface area (Å²) in [6.45, 7) is 1.12. The second-order valence-corrected chi connectivity index (χ2v) is 2.51. The van der Waals surface area contributed by atoms with Gasteiger partial charge in [0, 0.05) is 17.3 Å². The third-order valence-electron chi connectivity index (χ3n) is 1.76. The summed E-state index contributed by atoms with van der Waals surface area (Å²) in [5.74, 6) is -0.0379. The van der Waals surface area contributed by atoms with E-state index >= 15 is 0 Å². The maximum absolute atomic E-state index is 9.38. The summed E-state index contributed by atoms with van der Waals surface area (Å²) in [4.78, 5) is 3.84. The van der Waals surface area contributed by atoms with E-state index in [0.717, 1.165) is 0 Å². The van der Waals surface area contributed by atoms with E-state index in [1.165, 1.54) is 6.20 Å². The van der Waals surface area contributed by atoms with Crippen LogP contribution in [0.4, 0.5) is 0 Å². The average Bonchev–Trinajstić information content (AvgIpc) is 2.09. The molecule has 4 nitrogen and oxygen atoms in total. The molecule has 0 spiro atoms. The van der Waals surface area contributed by atoms with E-state index in [-0.39, 0.29) is 56.7 Å². The number of aromatic nitrogens is 1. The van der Waals surface area contributed by atoms with Crippen molar-refractivity contribution < 1.29 is 15.3 Å². The van der Waals surface area contributed by atoms with Gasteiger partial charge in [0.1, 0.15) is 5.75 Å². The molecule has 0 aliphatic heterocycles. The molecular formula is C8H11CaNO3+2. The van der Waals surface area contributed by atoms with E-state index < -0.39 is 0 Å². The zero-order chi connectivity index (χ0) is 9.14. The second-order valence-electron chi connectivity index (χ2n) is 2.51. The van der Waals surface area contributed by atoms with Crippen molar-refractivity contribution in [1.29, 1.82) is 0 Å². The maximum atomic E-state index is 9.38. The smallest absolute Gasteiger partial charge is 0.506 e. The number of nitrogens with zero attached hydrogens (tertiary/aromatic N) is 1. The Labute approximate surface area is 106 Å². The number of aryl methyl sites for hydroxylation is 1. The minimum atomic E-state index is -0.287. The molecule has 0 radical (unpaired) electrons. The van der Waals surface area contributed by atoms with Gasteiger partial charge in [-0.05, 0) is 6.92 Å². The van der Waals surface area contributed by atoms with Crippen LogP contribution in [-0.2, 0) is 13.2 Å². The van der Waals surface area contributed by atoms with Crippen molar-refractivity contribution in [2.24, 2.45) is 0 Å². The molecule has 1 heterocycles. The van der Waals surface area contributed by atoms with Crippen molar-refractivity contribution in [3.05, 3.63) is 23.0 Å². The van der Waals surface area contributed by atoms with E-state index in [2.05, 4.69) is 4.98 Å². The van der Waals surface area contributed by atoms with Gasteiger partial charge in [-0.2, -0.15) is 0 Å². The van der Waals surface area contributed by atoms with E-state index in [1.54, 1.807) is 6.92 Å². The molecule has 0 unspecified atom stereocenters. The largest absolute Gasteiger partial charge is 2.00 e. The number of aliphatic hydroxyl groups is 2. The number of pyridine rings is 1. The summed E-state index contributed by atoms with van der Waals surface area (Å²) in [5, 5.41) is 27.0. The molecule has 0 atom stereocenters. The van der Waals surface area contributed by atoms with Crippen molar-refractivity contribution in [3.63, 3.8) is 0 Å². The van der Waals surface area contributed by atoms with Gasteiger partial charge in [-0.3, -0.25) is 4.98 Å². The predicted molar refractivity (Wildman–Crippen MR) is 48.2 cm³/mol. The summed E-state index contributed by atoms with van der Waals surface area (Å²) in [7, 11) is 0. The molecule has 1 aromatic rings. The van der Waals surface area contributed by atoms with Crippen LogP contribution in [0.3, 0.4) is 0 Å². The Morgan fingerprint density at radius 3 is 2.38 bits per heavy atom. The molecule has 0 saturated heterocycles. The predicted octanol–water partition coefficient (Wildman–Crippen LogP) is -0.301. The molecule has 66 valence electrons. The van der Waals surface area contributed by atoms with Crippen LogP contribution in [0.25, 0.3) is 0 Å². The summed E-state index contributed by atoms with van der Waals surface area (Å²) in [6.07, 6.45) is 1.45. The first-order valence-corrected chi connectivity index (χ1v) is 3.58. The Morgan fingerprint density at radius 2 is 1.92 bits per heavy atom. The van der Waals surface area contributed by atoms with Gasteiger partial charge in [0.25, 0.3) is 0 Å². The van der Waals surface area contributed by atoms with Crippen molar-refractivity contribution in [2.75, 3.05) is 0 Å². The quantitative estimate of drug-likeness (QED) is 0.585. The first-order chi connectivity index (χ1) is 5.70. The topological polar surface area (TPSA) is 73.6 Å². The first-order valence-electron chi connectivity index (χ1n) is 3.58. The third-order valence-corrected chi connectivity index (χ3v) is 1.76. The van der Waals surface area contributed by atoms with Crippen LogP contribution in [0.15, 0.2) is 6.20 Å². The molecule has 3 N–H and O–H groups in total. The molecule has 1 aromatic heterocycles. The summed E-state index contributed by atoms with van der Waals surface area (Å²) in [5.41, 5.74) is 1.27. The van der Waals surface area contributed by atoms with Crippen molar-refractivity contribution in [2.45, 2.75) is 20.1 Å². The van der Waals surface area contributed by atoms with Gasteiger partial charge in [-0.1, -0.05) is 0 Å². The third kappa shape index (κ3) is 2.79. The summed E-state index contributed by atoms with van der Waals surface area (Å²) in [6, 6.07) is 0. The zero-order valence-corrected chi connectivity index (χ0v) is 9.70. The fraction of sp³-hybridized carbons (Fsp3) is 0.375. The Morgan fingerprint density at radius 1 is 1.31 bits per heavy atom. The van der Waals surface area contributed by atoms with Crippen LogP contribution < -0.4 is 0 Å². The van der Waals surface area contributed by atoms with Crippen LogP contribution in [0.5, 0.6) is 5.75 Å². The van der Waals surface area contributed by atoms with E-state index in [9.17, 15) is 5.11 Å². The Kier molecular flexibility index (Phi) is 5.83. The fourth-order valence-electron chi connectivity index (χ4n) is 0.997. The van der Waals surface area contributed by atoms with Crippen LogP contribution in [-0.4, -0.2) is 58.0 Å². The molecule has 1 rings (SSSR count). The van der Waals surface area contributed by atoms with E-state index in [1.807, 2.05) is 0 Å². The maximum Gasteiger partial charge on any atom is 2.00 e. The summed E-state index contributed by atoms with van der Waals surface area (Å²) >= 11 is 0. The van der Waals surface area contributed by atoms with Crippen LogP contribution >= 0.6 is 0 Å². The van der Waals surface area contributed by atoms with Crippen molar-refractivity contribution in [1.82, 2.24) is 4.98 Å². The molecular weight excluding hydrogens is 198 g/mol. The van der Waals surface area contributed by atoms with Crippen LogP contribution in [0.1, 0.15) is 16.8 Å². The summed E-state index contributed by atoms with van der Waals surface area (Å²) < 4.78 is 0. The van der Waals surface area contributed by atoms with Gasteiger partial charge < -0.3 is 15.3 Å². The minimum Gasteiger partial charge on any atom is -0.506 e. The Hall–Kier alpha value is 0.130. The molecule has 13 heavy (non-hydrogen) atoms. The van der Waals surface area contributed by atoms with Gasteiger partial charge in [0.2, 0.25) is 0 Å².